The summed E-state index contributed by atoms with van der Waals surface area (Å²) in [5.74, 6) is 0. The fourth-order valence-electron chi connectivity index (χ4n) is 2.48. The molecule has 18 heavy (non-hydrogen) atoms. The Morgan fingerprint density at radius 1 is 0.944 bits per heavy atom. The highest BCUT2D eigenvalue weighted by molar-refractivity contribution is 5.14. The zero-order valence-corrected chi connectivity index (χ0v) is 12.1. The molecule has 0 aliphatic heterocycles. The van der Waals surface area contributed by atoms with Crippen LogP contribution in [0.4, 0.5) is 0 Å². The normalized spacial score (nSPS) is 12.6. The molecule has 0 amide bonds. The van der Waals surface area contributed by atoms with Crippen LogP contribution in [0.15, 0.2) is 30.3 Å². The van der Waals surface area contributed by atoms with Gasteiger partial charge in [0.05, 0.1) is 0 Å². The van der Waals surface area contributed by atoms with Gasteiger partial charge in [0.1, 0.15) is 0 Å². The third-order valence-corrected chi connectivity index (χ3v) is 3.51. The zero-order chi connectivity index (χ0) is 13.1. The molecule has 0 bridgehead atoms. The monoisotopic (exact) mass is 247 g/mol. The highest BCUT2D eigenvalue weighted by Gasteiger charge is 2.06. The smallest absolute Gasteiger partial charge is 0.00670 e. The highest BCUT2D eigenvalue weighted by Crippen LogP contribution is 2.11. The maximum atomic E-state index is 3.63. The average Bonchev–Trinajstić information content (AvgIpc) is 2.40. The molecule has 1 heteroatoms. The summed E-state index contributed by atoms with van der Waals surface area (Å²) in [5.41, 5.74) is 1.47. The van der Waals surface area contributed by atoms with Crippen LogP contribution in [0.25, 0.3) is 0 Å². The van der Waals surface area contributed by atoms with Gasteiger partial charge in [-0.05, 0) is 37.8 Å². The fraction of sp³-hybridized carbons (Fsp3) is 0.647. The van der Waals surface area contributed by atoms with Crippen LogP contribution in [-0.4, -0.2) is 12.6 Å². The summed E-state index contributed by atoms with van der Waals surface area (Å²) < 4.78 is 0. The van der Waals surface area contributed by atoms with Crippen LogP contribution in [0.2, 0.25) is 0 Å². The number of aryl methyl sites for hydroxylation is 1. The molecule has 0 radical (unpaired) electrons. The second-order valence-electron chi connectivity index (χ2n) is 5.13. The first-order chi connectivity index (χ1) is 8.86. The van der Waals surface area contributed by atoms with E-state index in [1.165, 1.54) is 50.5 Å². The van der Waals surface area contributed by atoms with Gasteiger partial charge in [0.2, 0.25) is 0 Å². The van der Waals surface area contributed by atoms with Gasteiger partial charge in [0.25, 0.3) is 0 Å². The zero-order valence-electron chi connectivity index (χ0n) is 12.1. The van der Waals surface area contributed by atoms with E-state index < -0.39 is 0 Å². The summed E-state index contributed by atoms with van der Waals surface area (Å²) in [6.45, 7) is 5.59. The Labute approximate surface area is 113 Å². The van der Waals surface area contributed by atoms with Crippen LogP contribution in [0.1, 0.15) is 57.9 Å². The van der Waals surface area contributed by atoms with Gasteiger partial charge < -0.3 is 5.32 Å². The van der Waals surface area contributed by atoms with E-state index in [0.717, 1.165) is 12.6 Å². The summed E-state index contributed by atoms with van der Waals surface area (Å²) in [5, 5.41) is 3.63. The van der Waals surface area contributed by atoms with Crippen LogP contribution in [0, 0.1) is 0 Å². The molecule has 1 rings (SSSR count). The first-order valence-electron chi connectivity index (χ1n) is 7.64. The quantitative estimate of drug-likeness (QED) is 0.597. The van der Waals surface area contributed by atoms with E-state index in [-0.39, 0.29) is 0 Å². The maximum absolute atomic E-state index is 3.63. The third kappa shape index (κ3) is 6.80. The topological polar surface area (TPSA) is 12.0 Å². The van der Waals surface area contributed by atoms with Crippen LogP contribution in [0.5, 0.6) is 0 Å². The van der Waals surface area contributed by atoms with Crippen molar-refractivity contribution in [3.63, 3.8) is 0 Å². The molecule has 1 nitrogen and oxygen atoms in total. The second-order valence-corrected chi connectivity index (χ2v) is 5.13. The van der Waals surface area contributed by atoms with Crippen LogP contribution in [0.3, 0.4) is 0 Å². The molecular weight excluding hydrogens is 218 g/mol. The minimum absolute atomic E-state index is 0.727. The second kappa shape index (κ2) is 10.1. The molecule has 0 aromatic heterocycles. The predicted molar refractivity (Wildman–Crippen MR) is 81.0 cm³/mol. The van der Waals surface area contributed by atoms with Crippen molar-refractivity contribution in [2.75, 3.05) is 6.54 Å². The Kier molecular flexibility index (Phi) is 8.58. The van der Waals surface area contributed by atoms with E-state index in [2.05, 4.69) is 49.5 Å². The van der Waals surface area contributed by atoms with Crippen molar-refractivity contribution in [2.24, 2.45) is 0 Å². The maximum Gasteiger partial charge on any atom is 0.00670 e. The standard InChI is InChI=1S/C17H29N/c1-3-5-7-14-17(18-4-2)15-10-13-16-11-8-6-9-12-16/h6,8-9,11-12,17-18H,3-5,7,10,13-15H2,1-2H3. The van der Waals surface area contributed by atoms with Gasteiger partial charge in [0.15, 0.2) is 0 Å². The molecule has 1 aromatic rings. The van der Waals surface area contributed by atoms with E-state index in [0.29, 0.717) is 0 Å². The predicted octanol–water partition coefficient (Wildman–Crippen LogP) is 4.57. The lowest BCUT2D eigenvalue weighted by Gasteiger charge is -2.17. The summed E-state index contributed by atoms with van der Waals surface area (Å²) in [6, 6.07) is 11.6. The molecule has 0 saturated carbocycles. The Morgan fingerprint density at radius 3 is 2.33 bits per heavy atom. The minimum Gasteiger partial charge on any atom is -0.314 e. The molecular formula is C17H29N. The number of hydrogen-bond donors (Lipinski definition) is 1. The first-order valence-corrected chi connectivity index (χ1v) is 7.64. The molecule has 0 aliphatic carbocycles. The van der Waals surface area contributed by atoms with E-state index in [1.807, 2.05) is 0 Å². The van der Waals surface area contributed by atoms with Gasteiger partial charge in [-0.1, -0.05) is 63.4 Å². The van der Waals surface area contributed by atoms with E-state index >= 15 is 0 Å². The molecule has 0 heterocycles. The lowest BCUT2D eigenvalue weighted by molar-refractivity contribution is 0.433. The number of rotatable bonds is 10. The Hall–Kier alpha value is -0.820. The van der Waals surface area contributed by atoms with Crippen LogP contribution < -0.4 is 5.32 Å². The van der Waals surface area contributed by atoms with E-state index in [9.17, 15) is 0 Å². The molecule has 1 N–H and O–H groups in total. The summed E-state index contributed by atoms with van der Waals surface area (Å²) in [4.78, 5) is 0. The number of hydrogen-bond acceptors (Lipinski definition) is 1. The van der Waals surface area contributed by atoms with Crippen molar-refractivity contribution < 1.29 is 0 Å². The van der Waals surface area contributed by atoms with Gasteiger partial charge in [-0.2, -0.15) is 0 Å². The van der Waals surface area contributed by atoms with Crippen molar-refractivity contribution in [2.45, 2.75) is 64.8 Å². The summed E-state index contributed by atoms with van der Waals surface area (Å²) in [7, 11) is 0. The van der Waals surface area contributed by atoms with E-state index in [1.54, 1.807) is 0 Å². The molecule has 1 atom stereocenters. The minimum atomic E-state index is 0.727. The van der Waals surface area contributed by atoms with Crippen LogP contribution in [-0.2, 0) is 6.42 Å². The lowest BCUT2D eigenvalue weighted by Crippen LogP contribution is -2.28. The highest BCUT2D eigenvalue weighted by atomic mass is 14.9. The molecule has 0 saturated heterocycles. The molecule has 0 spiro atoms. The largest absolute Gasteiger partial charge is 0.314 e. The van der Waals surface area contributed by atoms with Crippen molar-refractivity contribution in [3.05, 3.63) is 35.9 Å². The van der Waals surface area contributed by atoms with Gasteiger partial charge >= 0.3 is 0 Å². The van der Waals surface area contributed by atoms with Gasteiger partial charge in [0, 0.05) is 6.04 Å². The molecule has 1 aromatic carbocycles. The fourth-order valence-corrected chi connectivity index (χ4v) is 2.48. The van der Waals surface area contributed by atoms with Crippen molar-refractivity contribution in [1.29, 1.82) is 0 Å². The number of benzene rings is 1. The number of nitrogens with one attached hydrogen (secondary N) is 1. The summed E-state index contributed by atoms with van der Waals surface area (Å²) >= 11 is 0. The van der Waals surface area contributed by atoms with Gasteiger partial charge in [-0.3, -0.25) is 0 Å². The Morgan fingerprint density at radius 2 is 1.67 bits per heavy atom. The SMILES string of the molecule is CCCCCC(CCCc1ccccc1)NCC. The Balaban J connectivity index is 2.20. The molecule has 102 valence electrons. The molecule has 1 unspecified atom stereocenters. The molecule has 0 aliphatic rings. The lowest BCUT2D eigenvalue weighted by atomic mass is 10.0. The average molecular weight is 247 g/mol. The summed E-state index contributed by atoms with van der Waals surface area (Å²) in [6.07, 6.45) is 9.25. The van der Waals surface area contributed by atoms with Gasteiger partial charge in [-0.15, -0.1) is 0 Å². The van der Waals surface area contributed by atoms with Crippen molar-refractivity contribution in [3.8, 4) is 0 Å². The Bertz CT molecular complexity index is 281. The van der Waals surface area contributed by atoms with E-state index in [4.69, 9.17) is 0 Å². The number of unbranched alkanes of at least 4 members (excludes halogenated alkanes) is 2. The van der Waals surface area contributed by atoms with Gasteiger partial charge in [-0.25, -0.2) is 0 Å². The first kappa shape index (κ1) is 15.2. The van der Waals surface area contributed by atoms with Crippen LogP contribution >= 0.6 is 0 Å². The third-order valence-electron chi connectivity index (χ3n) is 3.51. The van der Waals surface area contributed by atoms with Crippen molar-refractivity contribution >= 4 is 0 Å². The molecule has 0 fully saturated rings. The van der Waals surface area contributed by atoms with Crippen molar-refractivity contribution in [1.82, 2.24) is 5.32 Å².